The van der Waals surface area contributed by atoms with Crippen LogP contribution < -0.4 is 0 Å². The molecule has 2 aromatic heterocycles. The number of nitrogens with zero attached hydrogens (tertiary/aromatic N) is 1. The van der Waals surface area contributed by atoms with Crippen molar-refractivity contribution in [2.45, 2.75) is 0 Å². The lowest BCUT2D eigenvalue weighted by atomic mass is 10.1. The van der Waals surface area contributed by atoms with Crippen LogP contribution in [-0.4, -0.2) is 16.1 Å². The van der Waals surface area contributed by atoms with Crippen LogP contribution in [0.5, 0.6) is 0 Å². The van der Waals surface area contributed by atoms with E-state index in [1.54, 1.807) is 18.2 Å². The molecule has 14 heavy (non-hydrogen) atoms. The number of pyridine rings is 1. The molecule has 70 valence electrons. The average Bonchev–Trinajstić information content (AvgIpc) is 2.70. The summed E-state index contributed by atoms with van der Waals surface area (Å²) in [6.07, 6.45) is 4.43. The molecular formula is C10H7NO3. The van der Waals surface area contributed by atoms with E-state index in [2.05, 4.69) is 4.98 Å². The van der Waals surface area contributed by atoms with E-state index in [9.17, 15) is 4.79 Å². The molecule has 4 heteroatoms. The molecule has 0 saturated heterocycles. The average molecular weight is 189 g/mol. The number of aromatic nitrogens is 1. The van der Waals surface area contributed by atoms with E-state index in [0.717, 1.165) is 5.56 Å². The van der Waals surface area contributed by atoms with Gasteiger partial charge in [0.1, 0.15) is 0 Å². The van der Waals surface area contributed by atoms with Crippen molar-refractivity contribution < 1.29 is 14.3 Å². The fourth-order valence-corrected chi connectivity index (χ4v) is 1.23. The summed E-state index contributed by atoms with van der Waals surface area (Å²) >= 11 is 0. The second-order valence-electron chi connectivity index (χ2n) is 2.72. The Labute approximate surface area is 79.8 Å². The third kappa shape index (κ3) is 1.37. The summed E-state index contributed by atoms with van der Waals surface area (Å²) in [4.78, 5) is 14.6. The Bertz CT molecular complexity index is 448. The highest BCUT2D eigenvalue weighted by Gasteiger charge is 2.12. The van der Waals surface area contributed by atoms with Gasteiger partial charge in [-0.3, -0.25) is 0 Å². The summed E-state index contributed by atoms with van der Waals surface area (Å²) in [7, 11) is 0. The fourth-order valence-electron chi connectivity index (χ4n) is 1.23. The Morgan fingerprint density at radius 2 is 2.29 bits per heavy atom. The molecule has 2 rings (SSSR count). The monoisotopic (exact) mass is 189 g/mol. The van der Waals surface area contributed by atoms with Gasteiger partial charge in [-0.2, -0.15) is 0 Å². The molecule has 0 unspecified atom stereocenters. The molecule has 2 aromatic rings. The van der Waals surface area contributed by atoms with Crippen LogP contribution in [-0.2, 0) is 0 Å². The van der Waals surface area contributed by atoms with E-state index >= 15 is 0 Å². The molecule has 0 saturated carbocycles. The van der Waals surface area contributed by atoms with E-state index in [4.69, 9.17) is 9.52 Å². The first-order chi connectivity index (χ1) is 6.79. The SMILES string of the molecule is O=C(O)c1ncccc1-c1ccoc1. The van der Waals surface area contributed by atoms with Crippen molar-refractivity contribution in [1.29, 1.82) is 0 Å². The maximum Gasteiger partial charge on any atom is 0.355 e. The van der Waals surface area contributed by atoms with Crippen LogP contribution in [0.1, 0.15) is 10.5 Å². The van der Waals surface area contributed by atoms with Gasteiger partial charge in [0.15, 0.2) is 5.69 Å². The first kappa shape index (κ1) is 8.50. The first-order valence-electron chi connectivity index (χ1n) is 4.00. The Kier molecular flexibility index (Phi) is 2.02. The van der Waals surface area contributed by atoms with Gasteiger partial charge in [-0.15, -0.1) is 0 Å². The van der Waals surface area contributed by atoms with Gasteiger partial charge in [-0.1, -0.05) is 6.07 Å². The molecule has 0 radical (unpaired) electrons. The largest absolute Gasteiger partial charge is 0.476 e. The summed E-state index contributed by atoms with van der Waals surface area (Å²) < 4.78 is 4.88. The van der Waals surface area contributed by atoms with Gasteiger partial charge >= 0.3 is 5.97 Å². The topological polar surface area (TPSA) is 63.3 Å². The molecule has 0 aliphatic carbocycles. The van der Waals surface area contributed by atoms with Gasteiger partial charge in [-0.05, 0) is 12.1 Å². The third-order valence-corrected chi connectivity index (χ3v) is 1.84. The molecule has 4 nitrogen and oxygen atoms in total. The minimum Gasteiger partial charge on any atom is -0.476 e. The van der Waals surface area contributed by atoms with Gasteiger partial charge in [0.2, 0.25) is 0 Å². The van der Waals surface area contributed by atoms with Crippen molar-refractivity contribution in [2.24, 2.45) is 0 Å². The quantitative estimate of drug-likeness (QED) is 0.785. The zero-order valence-corrected chi connectivity index (χ0v) is 7.18. The van der Waals surface area contributed by atoms with Crippen molar-refractivity contribution in [1.82, 2.24) is 4.98 Å². The zero-order chi connectivity index (χ0) is 9.97. The lowest BCUT2D eigenvalue weighted by Gasteiger charge is -2.00. The molecule has 0 atom stereocenters. The molecule has 0 spiro atoms. The summed E-state index contributed by atoms with van der Waals surface area (Å²) in [5.41, 5.74) is 1.32. The lowest BCUT2D eigenvalue weighted by molar-refractivity contribution is 0.0691. The highest BCUT2D eigenvalue weighted by molar-refractivity contribution is 5.93. The van der Waals surface area contributed by atoms with E-state index < -0.39 is 5.97 Å². The molecule has 0 aromatic carbocycles. The molecule has 1 N–H and O–H groups in total. The van der Waals surface area contributed by atoms with Crippen LogP contribution in [0.25, 0.3) is 11.1 Å². The van der Waals surface area contributed by atoms with Crippen molar-refractivity contribution in [3.05, 3.63) is 42.6 Å². The van der Waals surface area contributed by atoms with E-state index in [0.29, 0.717) is 5.56 Å². The number of carbonyl (C=O) groups is 1. The van der Waals surface area contributed by atoms with Gasteiger partial charge in [0, 0.05) is 17.3 Å². The standard InChI is InChI=1S/C10H7NO3/c12-10(13)9-8(2-1-4-11-9)7-3-5-14-6-7/h1-6H,(H,12,13). The number of carboxylic acid groups (broad SMARTS) is 1. The predicted octanol–water partition coefficient (Wildman–Crippen LogP) is 2.04. The Morgan fingerprint density at radius 3 is 2.93 bits per heavy atom. The number of aromatic carboxylic acids is 1. The van der Waals surface area contributed by atoms with Crippen LogP contribution >= 0.6 is 0 Å². The summed E-state index contributed by atoms with van der Waals surface area (Å²) in [5.74, 6) is -1.04. The third-order valence-electron chi connectivity index (χ3n) is 1.84. The minimum absolute atomic E-state index is 0.0360. The van der Waals surface area contributed by atoms with Crippen molar-refractivity contribution in [3.8, 4) is 11.1 Å². The maximum atomic E-state index is 10.8. The highest BCUT2D eigenvalue weighted by atomic mass is 16.4. The molecule has 0 fully saturated rings. The van der Waals surface area contributed by atoms with Gasteiger partial charge in [-0.25, -0.2) is 9.78 Å². The van der Waals surface area contributed by atoms with E-state index in [1.165, 1.54) is 18.7 Å². The van der Waals surface area contributed by atoms with Crippen LogP contribution in [0.15, 0.2) is 41.3 Å². The molecule has 0 aliphatic rings. The smallest absolute Gasteiger partial charge is 0.355 e. The highest BCUT2D eigenvalue weighted by Crippen LogP contribution is 2.22. The normalized spacial score (nSPS) is 10.0. The van der Waals surface area contributed by atoms with E-state index in [-0.39, 0.29) is 5.69 Å². The van der Waals surface area contributed by atoms with Gasteiger partial charge < -0.3 is 9.52 Å². The fraction of sp³-hybridized carbons (Fsp3) is 0. The number of hydrogen-bond acceptors (Lipinski definition) is 3. The Morgan fingerprint density at radius 1 is 1.43 bits per heavy atom. The molecule has 0 amide bonds. The van der Waals surface area contributed by atoms with Crippen LogP contribution in [0.4, 0.5) is 0 Å². The summed E-state index contributed by atoms with van der Waals surface area (Å²) in [6.45, 7) is 0. The Hall–Kier alpha value is -2.10. The van der Waals surface area contributed by atoms with Crippen LogP contribution in [0.2, 0.25) is 0 Å². The van der Waals surface area contributed by atoms with Crippen LogP contribution in [0, 0.1) is 0 Å². The lowest BCUT2D eigenvalue weighted by Crippen LogP contribution is -2.01. The first-order valence-corrected chi connectivity index (χ1v) is 4.00. The number of rotatable bonds is 2. The predicted molar refractivity (Wildman–Crippen MR) is 48.9 cm³/mol. The van der Waals surface area contributed by atoms with Gasteiger partial charge in [0.25, 0.3) is 0 Å². The molecule has 2 heterocycles. The van der Waals surface area contributed by atoms with Crippen molar-refractivity contribution >= 4 is 5.97 Å². The number of furan rings is 1. The summed E-state index contributed by atoms with van der Waals surface area (Å²) in [5, 5.41) is 8.87. The van der Waals surface area contributed by atoms with E-state index in [1.807, 2.05) is 0 Å². The molecule has 0 bridgehead atoms. The minimum atomic E-state index is -1.04. The van der Waals surface area contributed by atoms with Crippen LogP contribution in [0.3, 0.4) is 0 Å². The second kappa shape index (κ2) is 3.33. The number of carboxylic acids is 1. The van der Waals surface area contributed by atoms with Crippen molar-refractivity contribution in [3.63, 3.8) is 0 Å². The second-order valence-corrected chi connectivity index (χ2v) is 2.72. The molecule has 0 aliphatic heterocycles. The number of hydrogen-bond donors (Lipinski definition) is 1. The summed E-state index contributed by atoms with van der Waals surface area (Å²) in [6, 6.07) is 5.08. The van der Waals surface area contributed by atoms with Crippen molar-refractivity contribution in [2.75, 3.05) is 0 Å². The zero-order valence-electron chi connectivity index (χ0n) is 7.18. The maximum absolute atomic E-state index is 10.8. The Balaban J connectivity index is 2.58. The molecular weight excluding hydrogens is 182 g/mol. The van der Waals surface area contributed by atoms with Gasteiger partial charge in [0.05, 0.1) is 12.5 Å².